The van der Waals surface area contributed by atoms with E-state index >= 15 is 0 Å². The average molecular weight is 315 g/mol. The van der Waals surface area contributed by atoms with Crippen molar-refractivity contribution in [2.75, 3.05) is 26.7 Å². The van der Waals surface area contributed by atoms with Gasteiger partial charge in [-0.25, -0.2) is 8.42 Å². The van der Waals surface area contributed by atoms with Crippen LogP contribution in [0, 0.1) is 10.1 Å². The molecule has 2 rings (SSSR count). The number of benzene rings is 1. The van der Waals surface area contributed by atoms with Gasteiger partial charge in [0.15, 0.2) is 5.75 Å². The van der Waals surface area contributed by atoms with E-state index in [-0.39, 0.29) is 30.3 Å². The van der Waals surface area contributed by atoms with Gasteiger partial charge in [0.1, 0.15) is 0 Å². The van der Waals surface area contributed by atoms with Crippen LogP contribution in [0.25, 0.3) is 0 Å². The Labute approximate surface area is 120 Å². The Morgan fingerprint density at radius 2 is 2.14 bits per heavy atom. The molecule has 1 aromatic rings. The summed E-state index contributed by atoms with van der Waals surface area (Å²) < 4.78 is 30.6. The van der Waals surface area contributed by atoms with E-state index in [0.29, 0.717) is 0 Å². The van der Waals surface area contributed by atoms with Crippen molar-refractivity contribution in [2.24, 2.45) is 0 Å². The number of rotatable bonds is 4. The maximum absolute atomic E-state index is 12.4. The van der Waals surface area contributed by atoms with Gasteiger partial charge >= 0.3 is 5.69 Å². The fraction of sp³-hybridized carbons (Fsp3) is 0.364. The van der Waals surface area contributed by atoms with Crippen LogP contribution in [0.1, 0.15) is 0 Å². The minimum atomic E-state index is -3.96. The van der Waals surface area contributed by atoms with Gasteiger partial charge in [0.2, 0.25) is 15.9 Å². The summed E-state index contributed by atoms with van der Waals surface area (Å²) in [5.74, 6) is -0.442. The molecule has 1 amide bonds. The lowest BCUT2D eigenvalue weighted by Gasteiger charge is -2.25. The van der Waals surface area contributed by atoms with Crippen molar-refractivity contribution in [3.05, 3.63) is 28.3 Å². The summed E-state index contributed by atoms with van der Waals surface area (Å²) in [5.41, 5.74) is -0.444. The van der Waals surface area contributed by atoms with Crippen LogP contribution < -0.4 is 10.1 Å². The van der Waals surface area contributed by atoms with Crippen LogP contribution in [0.3, 0.4) is 0 Å². The number of hydrogen-bond acceptors (Lipinski definition) is 6. The minimum absolute atomic E-state index is 0.0321. The first-order valence-corrected chi connectivity index (χ1v) is 7.39. The van der Waals surface area contributed by atoms with Crippen molar-refractivity contribution >= 4 is 21.6 Å². The number of nitro groups is 1. The van der Waals surface area contributed by atoms with E-state index in [4.69, 9.17) is 4.74 Å². The highest BCUT2D eigenvalue weighted by Gasteiger charge is 2.31. The zero-order valence-electron chi connectivity index (χ0n) is 11.1. The molecule has 0 aromatic heterocycles. The Hall–Kier alpha value is -2.20. The number of nitrogens with zero attached hydrogens (tertiary/aromatic N) is 2. The summed E-state index contributed by atoms with van der Waals surface area (Å²) in [6, 6.07) is 3.36. The molecule has 0 unspecified atom stereocenters. The van der Waals surface area contributed by atoms with E-state index in [1.165, 1.54) is 19.2 Å². The van der Waals surface area contributed by atoms with Crippen molar-refractivity contribution in [3.63, 3.8) is 0 Å². The molecule has 1 fully saturated rings. The second kappa shape index (κ2) is 5.66. The third-order valence-corrected chi connectivity index (χ3v) is 4.83. The number of hydrogen-bond donors (Lipinski definition) is 1. The van der Waals surface area contributed by atoms with Gasteiger partial charge in [0.25, 0.3) is 0 Å². The molecule has 1 aliphatic rings. The lowest BCUT2D eigenvalue weighted by Crippen LogP contribution is -2.49. The normalized spacial score (nSPS) is 16.3. The predicted octanol–water partition coefficient (Wildman–Crippen LogP) is -0.276. The summed E-state index contributed by atoms with van der Waals surface area (Å²) >= 11 is 0. The molecule has 0 aliphatic carbocycles. The van der Waals surface area contributed by atoms with Gasteiger partial charge in [0, 0.05) is 19.2 Å². The van der Waals surface area contributed by atoms with Crippen LogP contribution in [-0.4, -0.2) is 50.3 Å². The fourth-order valence-electron chi connectivity index (χ4n) is 1.94. The molecule has 0 bridgehead atoms. The van der Waals surface area contributed by atoms with Gasteiger partial charge in [-0.15, -0.1) is 0 Å². The number of ether oxygens (including phenoxy) is 1. The maximum atomic E-state index is 12.4. The molecule has 10 heteroatoms. The van der Waals surface area contributed by atoms with Crippen LogP contribution >= 0.6 is 0 Å². The lowest BCUT2D eigenvalue weighted by atomic mass is 10.3. The largest absolute Gasteiger partial charge is 0.490 e. The molecule has 1 heterocycles. The zero-order chi connectivity index (χ0) is 15.6. The van der Waals surface area contributed by atoms with Crippen LogP contribution in [0.15, 0.2) is 23.1 Å². The number of amides is 1. The topological polar surface area (TPSA) is 119 Å². The van der Waals surface area contributed by atoms with Crippen LogP contribution in [0.5, 0.6) is 5.75 Å². The molecule has 1 aliphatic heterocycles. The van der Waals surface area contributed by atoms with Crippen LogP contribution in [-0.2, 0) is 14.8 Å². The summed E-state index contributed by atoms with van der Waals surface area (Å²) in [7, 11) is -2.71. The van der Waals surface area contributed by atoms with E-state index in [9.17, 15) is 23.3 Å². The summed E-state index contributed by atoms with van der Waals surface area (Å²) in [4.78, 5) is 21.3. The second-order valence-corrected chi connectivity index (χ2v) is 6.22. The molecule has 0 radical (unpaired) electrons. The second-order valence-electron chi connectivity index (χ2n) is 4.28. The minimum Gasteiger partial charge on any atom is -0.490 e. The third kappa shape index (κ3) is 2.95. The Morgan fingerprint density at radius 3 is 2.71 bits per heavy atom. The number of carbonyl (C=O) groups is 1. The first-order chi connectivity index (χ1) is 9.86. The van der Waals surface area contributed by atoms with E-state index in [0.717, 1.165) is 10.4 Å². The zero-order valence-corrected chi connectivity index (χ0v) is 11.9. The Balaban J connectivity index is 2.42. The van der Waals surface area contributed by atoms with Crippen LogP contribution in [0.2, 0.25) is 0 Å². The van der Waals surface area contributed by atoms with E-state index < -0.39 is 26.5 Å². The molecule has 0 saturated carbocycles. The number of piperazine rings is 1. The number of sulfonamides is 1. The molecule has 1 saturated heterocycles. The number of methoxy groups -OCH3 is 1. The van der Waals surface area contributed by atoms with Gasteiger partial charge in [-0.2, -0.15) is 4.31 Å². The van der Waals surface area contributed by atoms with Crippen molar-refractivity contribution in [1.82, 2.24) is 9.62 Å². The van der Waals surface area contributed by atoms with Crippen molar-refractivity contribution in [3.8, 4) is 5.75 Å². The first-order valence-electron chi connectivity index (χ1n) is 5.95. The van der Waals surface area contributed by atoms with Gasteiger partial charge in [-0.05, 0) is 12.1 Å². The Kier molecular flexibility index (Phi) is 4.09. The molecule has 21 heavy (non-hydrogen) atoms. The Morgan fingerprint density at radius 1 is 1.43 bits per heavy atom. The molecule has 1 N–H and O–H groups in total. The van der Waals surface area contributed by atoms with Crippen LogP contribution in [0.4, 0.5) is 5.69 Å². The van der Waals surface area contributed by atoms with Crippen molar-refractivity contribution in [2.45, 2.75) is 4.90 Å². The molecule has 114 valence electrons. The molecule has 9 nitrogen and oxygen atoms in total. The molecule has 0 atom stereocenters. The standard InChI is InChI=1S/C11H13N3O6S/c1-20-10-3-2-8(6-9(10)14(16)17)21(18,19)13-5-4-12-11(15)7-13/h2-3,6H,4-5,7H2,1H3,(H,12,15). The van der Waals surface area contributed by atoms with Gasteiger partial charge < -0.3 is 10.1 Å². The number of carbonyl (C=O) groups excluding carboxylic acids is 1. The van der Waals surface area contributed by atoms with E-state index in [2.05, 4.69) is 5.32 Å². The first kappa shape index (κ1) is 15.2. The molecular weight excluding hydrogens is 302 g/mol. The SMILES string of the molecule is COc1ccc(S(=O)(=O)N2CCNC(=O)C2)cc1[N+](=O)[O-]. The van der Waals surface area contributed by atoms with Gasteiger partial charge in [-0.1, -0.05) is 0 Å². The van der Waals surface area contributed by atoms with Gasteiger partial charge in [0.05, 0.1) is 23.5 Å². The lowest BCUT2D eigenvalue weighted by molar-refractivity contribution is -0.386. The van der Waals surface area contributed by atoms with E-state index in [1.54, 1.807) is 0 Å². The summed E-state index contributed by atoms with van der Waals surface area (Å²) in [5, 5.41) is 13.5. The summed E-state index contributed by atoms with van der Waals surface area (Å²) in [6.45, 7) is 0.0202. The van der Waals surface area contributed by atoms with Crippen molar-refractivity contribution in [1.29, 1.82) is 0 Å². The van der Waals surface area contributed by atoms with Crippen molar-refractivity contribution < 1.29 is 22.9 Å². The predicted molar refractivity (Wildman–Crippen MR) is 71.4 cm³/mol. The molecule has 1 aromatic carbocycles. The maximum Gasteiger partial charge on any atom is 0.312 e. The number of nitro benzene ring substituents is 1. The average Bonchev–Trinajstić information content (AvgIpc) is 2.46. The Bertz CT molecular complexity index is 687. The molecular formula is C11H13N3O6S. The highest BCUT2D eigenvalue weighted by Crippen LogP contribution is 2.30. The highest BCUT2D eigenvalue weighted by atomic mass is 32.2. The fourth-order valence-corrected chi connectivity index (χ4v) is 3.36. The highest BCUT2D eigenvalue weighted by molar-refractivity contribution is 7.89. The third-order valence-electron chi connectivity index (χ3n) is 2.99. The van der Waals surface area contributed by atoms with E-state index in [1.807, 2.05) is 0 Å². The molecule has 0 spiro atoms. The number of nitrogens with one attached hydrogen (secondary N) is 1. The smallest absolute Gasteiger partial charge is 0.312 e. The summed E-state index contributed by atoms with van der Waals surface area (Å²) in [6.07, 6.45) is 0. The monoisotopic (exact) mass is 315 g/mol. The quantitative estimate of drug-likeness (QED) is 0.603. The van der Waals surface area contributed by atoms with Gasteiger partial charge in [-0.3, -0.25) is 14.9 Å².